The number of hydrogen-bond acceptors (Lipinski definition) is 3. The van der Waals surface area contributed by atoms with Crippen molar-refractivity contribution < 1.29 is 18.1 Å². The molecule has 0 spiro atoms. The fraction of sp³-hybridized carbons (Fsp3) is 0.0909. The number of amides is 1. The van der Waals surface area contributed by atoms with Gasteiger partial charge >= 0.3 is 5.38 Å². The number of nitrogens with zero attached hydrogens (tertiary/aromatic N) is 1. The van der Waals surface area contributed by atoms with Gasteiger partial charge in [-0.3, -0.25) is 4.79 Å². The SMILES string of the molecule is NC(=O)c1c(-c2ccc(Cl)cc2Cl)noc1C(F)(F)Cl. The van der Waals surface area contributed by atoms with E-state index in [9.17, 15) is 13.6 Å². The van der Waals surface area contributed by atoms with E-state index in [1.807, 2.05) is 0 Å². The molecule has 0 saturated heterocycles. The lowest BCUT2D eigenvalue weighted by Crippen LogP contribution is -2.17. The monoisotopic (exact) mass is 340 g/mol. The maximum absolute atomic E-state index is 13.1. The van der Waals surface area contributed by atoms with Crippen LogP contribution in [0.25, 0.3) is 11.3 Å². The van der Waals surface area contributed by atoms with Crippen molar-refractivity contribution >= 4 is 40.7 Å². The number of alkyl halides is 3. The molecule has 2 N–H and O–H groups in total. The van der Waals surface area contributed by atoms with Crippen molar-refractivity contribution in [3.63, 3.8) is 0 Å². The van der Waals surface area contributed by atoms with Crippen molar-refractivity contribution in [3.8, 4) is 11.3 Å². The van der Waals surface area contributed by atoms with Gasteiger partial charge in [0.1, 0.15) is 11.3 Å². The Bertz CT molecular complexity index is 683. The van der Waals surface area contributed by atoms with Crippen LogP contribution < -0.4 is 5.73 Å². The topological polar surface area (TPSA) is 69.1 Å². The van der Waals surface area contributed by atoms with Gasteiger partial charge in [0, 0.05) is 10.6 Å². The third kappa shape index (κ3) is 2.72. The molecule has 1 aromatic heterocycles. The highest BCUT2D eigenvalue weighted by atomic mass is 35.5. The number of hydrogen-bond donors (Lipinski definition) is 1. The lowest BCUT2D eigenvalue weighted by molar-refractivity contribution is 0.0587. The minimum absolute atomic E-state index is 0.0951. The first kappa shape index (κ1) is 15.0. The lowest BCUT2D eigenvalue weighted by Gasteiger charge is -2.05. The van der Waals surface area contributed by atoms with Crippen molar-refractivity contribution in [1.82, 2.24) is 5.16 Å². The van der Waals surface area contributed by atoms with Crippen LogP contribution in [0.5, 0.6) is 0 Å². The second-order valence-corrected chi connectivity index (χ2v) is 5.04. The van der Waals surface area contributed by atoms with Crippen LogP contribution in [0.1, 0.15) is 16.1 Å². The largest absolute Gasteiger partial charge is 0.383 e. The predicted octanol–water partition coefficient (Wildman–Crippen LogP) is 4.04. The van der Waals surface area contributed by atoms with Gasteiger partial charge in [0.15, 0.2) is 0 Å². The summed E-state index contributed by atoms with van der Waals surface area (Å²) in [5.74, 6) is -2.30. The number of halogens is 5. The second-order valence-electron chi connectivity index (χ2n) is 3.72. The van der Waals surface area contributed by atoms with E-state index >= 15 is 0 Å². The molecule has 0 saturated carbocycles. The van der Waals surface area contributed by atoms with Gasteiger partial charge in [-0.25, -0.2) is 0 Å². The highest BCUT2D eigenvalue weighted by Gasteiger charge is 2.40. The number of carbonyl (C=O) groups is 1. The van der Waals surface area contributed by atoms with Crippen LogP contribution in [0.15, 0.2) is 22.7 Å². The van der Waals surface area contributed by atoms with E-state index in [1.165, 1.54) is 18.2 Å². The summed E-state index contributed by atoms with van der Waals surface area (Å²) in [4.78, 5) is 11.4. The first-order valence-corrected chi connectivity index (χ1v) is 6.17. The molecule has 0 bridgehead atoms. The molecule has 1 heterocycles. The molecule has 0 fully saturated rings. The molecule has 20 heavy (non-hydrogen) atoms. The zero-order valence-electron chi connectivity index (χ0n) is 9.46. The van der Waals surface area contributed by atoms with Gasteiger partial charge in [-0.05, 0) is 29.8 Å². The van der Waals surface area contributed by atoms with Crippen LogP contribution in [-0.4, -0.2) is 11.1 Å². The van der Waals surface area contributed by atoms with Gasteiger partial charge in [-0.15, -0.1) is 0 Å². The Hall–Kier alpha value is -1.37. The summed E-state index contributed by atoms with van der Waals surface area (Å²) in [6.07, 6.45) is 0. The van der Waals surface area contributed by atoms with Crippen LogP contribution in [-0.2, 0) is 5.38 Å². The summed E-state index contributed by atoms with van der Waals surface area (Å²) >= 11 is 16.5. The van der Waals surface area contributed by atoms with Gasteiger partial charge in [-0.2, -0.15) is 8.78 Å². The molecule has 1 amide bonds. The Morgan fingerprint density at radius 3 is 2.50 bits per heavy atom. The summed E-state index contributed by atoms with van der Waals surface area (Å²) in [6, 6.07) is 4.20. The molecular formula is C11H5Cl3F2N2O2. The molecule has 2 rings (SSSR count). The molecule has 0 radical (unpaired) electrons. The summed E-state index contributed by atoms with van der Waals surface area (Å²) < 4.78 is 30.7. The van der Waals surface area contributed by atoms with Crippen molar-refractivity contribution in [2.75, 3.05) is 0 Å². The van der Waals surface area contributed by atoms with Gasteiger partial charge in [0.05, 0.1) is 5.02 Å². The Labute approximate surface area is 126 Å². The minimum atomic E-state index is -3.92. The highest BCUT2D eigenvalue weighted by Crippen LogP contribution is 2.40. The van der Waals surface area contributed by atoms with E-state index in [-0.39, 0.29) is 16.3 Å². The molecular weight excluding hydrogens is 336 g/mol. The number of rotatable bonds is 3. The third-order valence-corrected chi connectivity index (χ3v) is 3.10. The number of benzene rings is 1. The van der Waals surface area contributed by atoms with Crippen LogP contribution in [0.3, 0.4) is 0 Å². The van der Waals surface area contributed by atoms with E-state index < -0.39 is 22.6 Å². The van der Waals surface area contributed by atoms with Crippen LogP contribution in [0, 0.1) is 0 Å². The van der Waals surface area contributed by atoms with Gasteiger partial charge in [0.2, 0.25) is 5.76 Å². The molecule has 9 heteroatoms. The molecule has 0 unspecified atom stereocenters. The maximum Gasteiger partial charge on any atom is 0.383 e. The molecule has 106 valence electrons. The Kier molecular flexibility index (Phi) is 3.90. The van der Waals surface area contributed by atoms with Crippen molar-refractivity contribution in [2.45, 2.75) is 5.38 Å². The van der Waals surface area contributed by atoms with Gasteiger partial charge in [0.25, 0.3) is 5.91 Å². The number of carbonyl (C=O) groups excluding carboxylic acids is 1. The normalized spacial score (nSPS) is 11.7. The summed E-state index contributed by atoms with van der Waals surface area (Å²) in [7, 11) is 0. The summed E-state index contributed by atoms with van der Waals surface area (Å²) in [5.41, 5.74) is 4.38. The molecule has 0 aliphatic carbocycles. The average molecular weight is 342 g/mol. The average Bonchev–Trinajstić information content (AvgIpc) is 2.72. The van der Waals surface area contributed by atoms with Gasteiger partial charge < -0.3 is 10.3 Å². The van der Waals surface area contributed by atoms with E-state index in [1.54, 1.807) is 0 Å². The van der Waals surface area contributed by atoms with E-state index in [4.69, 9.17) is 40.5 Å². The van der Waals surface area contributed by atoms with Crippen LogP contribution in [0.4, 0.5) is 8.78 Å². The minimum Gasteiger partial charge on any atom is -0.365 e. The van der Waals surface area contributed by atoms with Crippen molar-refractivity contribution in [2.24, 2.45) is 5.73 Å². The summed E-state index contributed by atoms with van der Waals surface area (Å²) in [5, 5.41) is -0.105. The fourth-order valence-corrected chi connectivity index (χ4v) is 2.20. The maximum atomic E-state index is 13.1. The second kappa shape index (κ2) is 5.20. The standard InChI is InChI=1S/C11H5Cl3F2N2O2/c12-4-1-2-5(6(13)3-4)8-7(10(17)19)9(20-18-8)11(14,15)16/h1-3H,(H2,17,19). The molecule has 0 aliphatic rings. The molecule has 2 aromatic rings. The molecule has 4 nitrogen and oxygen atoms in total. The van der Waals surface area contributed by atoms with E-state index in [0.29, 0.717) is 5.02 Å². The van der Waals surface area contributed by atoms with Gasteiger partial charge in [-0.1, -0.05) is 28.4 Å². The van der Waals surface area contributed by atoms with Crippen LogP contribution in [0.2, 0.25) is 10.0 Å². The third-order valence-electron chi connectivity index (χ3n) is 2.38. The molecule has 1 aromatic carbocycles. The first-order valence-electron chi connectivity index (χ1n) is 5.04. The quantitative estimate of drug-likeness (QED) is 0.857. The zero-order valence-corrected chi connectivity index (χ0v) is 11.7. The molecule has 0 aliphatic heterocycles. The Morgan fingerprint density at radius 1 is 1.35 bits per heavy atom. The number of primary amides is 1. The first-order chi connectivity index (χ1) is 9.21. The fourth-order valence-electron chi connectivity index (χ4n) is 1.58. The Morgan fingerprint density at radius 2 is 2.00 bits per heavy atom. The lowest BCUT2D eigenvalue weighted by atomic mass is 10.1. The van der Waals surface area contributed by atoms with E-state index in [0.717, 1.165) is 0 Å². The number of nitrogens with two attached hydrogens (primary N) is 1. The highest BCUT2D eigenvalue weighted by molar-refractivity contribution is 6.36. The predicted molar refractivity (Wildman–Crippen MR) is 70.2 cm³/mol. The van der Waals surface area contributed by atoms with Crippen LogP contribution >= 0.6 is 34.8 Å². The van der Waals surface area contributed by atoms with Crippen molar-refractivity contribution in [1.29, 1.82) is 0 Å². The smallest absolute Gasteiger partial charge is 0.365 e. The zero-order chi connectivity index (χ0) is 15.1. The number of aromatic nitrogens is 1. The van der Waals surface area contributed by atoms with E-state index in [2.05, 4.69) is 9.68 Å². The van der Waals surface area contributed by atoms with Crippen molar-refractivity contribution in [3.05, 3.63) is 39.6 Å². The molecule has 0 atom stereocenters. The summed E-state index contributed by atoms with van der Waals surface area (Å²) in [6.45, 7) is 0. The Balaban J connectivity index is 2.69.